The van der Waals surface area contributed by atoms with E-state index in [1.54, 1.807) is 42.5 Å². The van der Waals surface area contributed by atoms with Crippen LogP contribution < -0.4 is 19.5 Å². The Labute approximate surface area is 169 Å². The number of benzene rings is 2. The first-order chi connectivity index (χ1) is 14.0. The highest BCUT2D eigenvalue weighted by atomic mass is 16.5. The van der Waals surface area contributed by atoms with E-state index in [1.165, 1.54) is 27.1 Å². The van der Waals surface area contributed by atoms with Crippen molar-refractivity contribution >= 4 is 11.9 Å². The zero-order chi connectivity index (χ0) is 20.8. The molecule has 1 aliphatic rings. The minimum atomic E-state index is -1.02. The number of hydrogen-bond acceptors (Lipinski definition) is 5. The normalized spacial score (nSPS) is 14.0. The number of methoxy groups -OCH3 is 2. The number of aliphatic carboxylic acids is 1. The van der Waals surface area contributed by atoms with Crippen molar-refractivity contribution in [3.63, 3.8) is 0 Å². The highest BCUT2D eigenvalue weighted by Crippen LogP contribution is 2.31. The molecule has 1 saturated carbocycles. The Kier molecular flexibility index (Phi) is 6.59. The summed E-state index contributed by atoms with van der Waals surface area (Å²) in [5.41, 5.74) is 1.04. The monoisotopic (exact) mass is 399 g/mol. The average Bonchev–Trinajstić information content (AvgIpc) is 3.55. The molecule has 154 valence electrons. The summed E-state index contributed by atoms with van der Waals surface area (Å²) in [5, 5.41) is 12.1. The smallest absolute Gasteiger partial charge is 0.305 e. The molecule has 0 heterocycles. The van der Waals surface area contributed by atoms with E-state index >= 15 is 0 Å². The van der Waals surface area contributed by atoms with Gasteiger partial charge in [-0.05, 0) is 60.7 Å². The molecule has 1 fully saturated rings. The summed E-state index contributed by atoms with van der Waals surface area (Å²) in [6.45, 7) is 0.700. The molecule has 0 aliphatic heterocycles. The molecule has 1 atom stereocenters. The van der Waals surface area contributed by atoms with E-state index in [-0.39, 0.29) is 12.3 Å². The van der Waals surface area contributed by atoms with Gasteiger partial charge in [0.1, 0.15) is 5.75 Å². The number of carbonyl (C=O) groups excluding carboxylic acids is 1. The maximum atomic E-state index is 12.7. The topological polar surface area (TPSA) is 94.1 Å². The van der Waals surface area contributed by atoms with Crippen molar-refractivity contribution in [1.82, 2.24) is 5.32 Å². The van der Waals surface area contributed by atoms with Crippen molar-refractivity contribution in [2.24, 2.45) is 5.92 Å². The van der Waals surface area contributed by atoms with Crippen molar-refractivity contribution in [3.05, 3.63) is 53.6 Å². The molecule has 0 saturated heterocycles. The van der Waals surface area contributed by atoms with E-state index in [1.807, 2.05) is 0 Å². The van der Waals surface area contributed by atoms with E-state index < -0.39 is 12.0 Å². The van der Waals surface area contributed by atoms with Crippen molar-refractivity contribution in [1.29, 1.82) is 0 Å². The number of rotatable bonds is 10. The van der Waals surface area contributed by atoms with Gasteiger partial charge in [0.2, 0.25) is 0 Å². The Bertz CT molecular complexity index is 860. The third-order valence-corrected chi connectivity index (χ3v) is 4.79. The average molecular weight is 399 g/mol. The number of carboxylic acid groups (broad SMARTS) is 1. The van der Waals surface area contributed by atoms with Gasteiger partial charge in [-0.2, -0.15) is 0 Å². The summed E-state index contributed by atoms with van der Waals surface area (Å²) in [6, 6.07) is 11.2. The molecule has 2 aromatic carbocycles. The fourth-order valence-corrected chi connectivity index (χ4v) is 2.94. The van der Waals surface area contributed by atoms with Crippen LogP contribution in [0.3, 0.4) is 0 Å². The maximum absolute atomic E-state index is 12.7. The summed E-state index contributed by atoms with van der Waals surface area (Å²) in [5.74, 6) is 0.977. The summed E-state index contributed by atoms with van der Waals surface area (Å²) >= 11 is 0. The van der Waals surface area contributed by atoms with Crippen molar-refractivity contribution in [2.45, 2.75) is 25.3 Å². The second kappa shape index (κ2) is 9.32. The van der Waals surface area contributed by atoms with Crippen LogP contribution in [0.25, 0.3) is 0 Å². The summed E-state index contributed by atoms with van der Waals surface area (Å²) in [7, 11) is 3.02. The fourth-order valence-electron chi connectivity index (χ4n) is 2.94. The SMILES string of the molecule is COc1ccc(C(CC(=O)O)NC(=O)c2ccc(OCC3CC3)cc2)cc1OC. The largest absolute Gasteiger partial charge is 0.493 e. The molecule has 1 amide bonds. The van der Waals surface area contributed by atoms with Crippen molar-refractivity contribution in [2.75, 3.05) is 20.8 Å². The third kappa shape index (κ3) is 5.63. The highest BCUT2D eigenvalue weighted by Gasteiger charge is 2.22. The number of carboxylic acids is 1. The molecule has 0 spiro atoms. The van der Waals surface area contributed by atoms with E-state index in [0.717, 1.165) is 5.75 Å². The van der Waals surface area contributed by atoms with Crippen LogP contribution in [-0.2, 0) is 4.79 Å². The number of amides is 1. The molecule has 0 aromatic heterocycles. The minimum Gasteiger partial charge on any atom is -0.493 e. The standard InChI is InChI=1S/C22H25NO6/c1-27-19-10-7-16(11-20(19)28-2)18(12-21(24)25)23-22(26)15-5-8-17(9-6-15)29-13-14-3-4-14/h5-11,14,18H,3-4,12-13H2,1-2H3,(H,23,26)(H,24,25). The minimum absolute atomic E-state index is 0.260. The van der Waals surface area contributed by atoms with E-state index in [9.17, 15) is 14.7 Å². The molecular weight excluding hydrogens is 374 g/mol. The molecule has 1 unspecified atom stereocenters. The lowest BCUT2D eigenvalue weighted by molar-refractivity contribution is -0.137. The molecule has 0 radical (unpaired) electrons. The predicted octanol–water partition coefficient (Wildman–Crippen LogP) is 3.44. The third-order valence-electron chi connectivity index (χ3n) is 4.79. The zero-order valence-corrected chi connectivity index (χ0v) is 16.5. The van der Waals surface area contributed by atoms with Gasteiger partial charge in [-0.1, -0.05) is 6.07 Å². The molecule has 2 N–H and O–H groups in total. The number of ether oxygens (including phenoxy) is 3. The van der Waals surface area contributed by atoms with Crippen LogP contribution in [0.15, 0.2) is 42.5 Å². The Morgan fingerprint density at radius 1 is 1.07 bits per heavy atom. The van der Waals surface area contributed by atoms with Crippen LogP contribution in [0.4, 0.5) is 0 Å². The second-order valence-corrected chi connectivity index (χ2v) is 7.02. The van der Waals surface area contributed by atoms with Crippen LogP contribution in [0.2, 0.25) is 0 Å². The quantitative estimate of drug-likeness (QED) is 0.636. The summed E-state index contributed by atoms with van der Waals surface area (Å²) < 4.78 is 16.2. The van der Waals surface area contributed by atoms with Gasteiger partial charge < -0.3 is 24.6 Å². The number of hydrogen-bond donors (Lipinski definition) is 2. The Balaban J connectivity index is 1.72. The first-order valence-corrected chi connectivity index (χ1v) is 9.47. The van der Waals surface area contributed by atoms with Crippen molar-refractivity contribution < 1.29 is 28.9 Å². The van der Waals surface area contributed by atoms with Gasteiger partial charge in [0.25, 0.3) is 5.91 Å². The van der Waals surface area contributed by atoms with Gasteiger partial charge in [0, 0.05) is 5.56 Å². The molecule has 0 bridgehead atoms. The first-order valence-electron chi connectivity index (χ1n) is 9.47. The molecule has 3 rings (SSSR count). The van der Waals surface area contributed by atoms with Crippen LogP contribution in [0, 0.1) is 5.92 Å². The molecule has 7 heteroatoms. The van der Waals surface area contributed by atoms with E-state index in [0.29, 0.717) is 35.2 Å². The van der Waals surface area contributed by atoms with Gasteiger partial charge >= 0.3 is 5.97 Å². The number of nitrogens with one attached hydrogen (secondary N) is 1. The number of carbonyl (C=O) groups is 2. The van der Waals surface area contributed by atoms with Gasteiger partial charge in [-0.25, -0.2) is 0 Å². The van der Waals surface area contributed by atoms with Gasteiger partial charge in [-0.3, -0.25) is 9.59 Å². The molecule has 7 nitrogen and oxygen atoms in total. The lowest BCUT2D eigenvalue weighted by atomic mass is 10.0. The first kappa shape index (κ1) is 20.5. The predicted molar refractivity (Wildman–Crippen MR) is 107 cm³/mol. The maximum Gasteiger partial charge on any atom is 0.305 e. The highest BCUT2D eigenvalue weighted by molar-refractivity contribution is 5.94. The zero-order valence-electron chi connectivity index (χ0n) is 16.5. The van der Waals surface area contributed by atoms with Crippen LogP contribution in [0.1, 0.15) is 41.2 Å². The fraction of sp³-hybridized carbons (Fsp3) is 0.364. The molecule has 2 aromatic rings. The molecule has 29 heavy (non-hydrogen) atoms. The van der Waals surface area contributed by atoms with Gasteiger partial charge in [-0.15, -0.1) is 0 Å². The second-order valence-electron chi connectivity index (χ2n) is 7.02. The molecular formula is C22H25NO6. The Hall–Kier alpha value is -3.22. The van der Waals surface area contributed by atoms with E-state index in [2.05, 4.69) is 5.32 Å². The Morgan fingerprint density at radius 2 is 1.76 bits per heavy atom. The Morgan fingerprint density at radius 3 is 2.34 bits per heavy atom. The van der Waals surface area contributed by atoms with Crippen LogP contribution in [0.5, 0.6) is 17.2 Å². The molecule has 1 aliphatic carbocycles. The van der Waals surface area contributed by atoms with Gasteiger partial charge in [0.05, 0.1) is 33.3 Å². The van der Waals surface area contributed by atoms with Gasteiger partial charge in [0.15, 0.2) is 11.5 Å². The lowest BCUT2D eigenvalue weighted by Crippen LogP contribution is -2.30. The summed E-state index contributed by atoms with van der Waals surface area (Å²) in [6.07, 6.45) is 2.16. The van der Waals surface area contributed by atoms with Crippen LogP contribution in [-0.4, -0.2) is 37.8 Å². The van der Waals surface area contributed by atoms with Crippen LogP contribution >= 0.6 is 0 Å². The van der Waals surface area contributed by atoms with E-state index in [4.69, 9.17) is 14.2 Å². The summed E-state index contributed by atoms with van der Waals surface area (Å²) in [4.78, 5) is 24.0. The lowest BCUT2D eigenvalue weighted by Gasteiger charge is -2.19. The van der Waals surface area contributed by atoms with Crippen molar-refractivity contribution in [3.8, 4) is 17.2 Å².